The normalized spacial score (nSPS) is 11.5. The Morgan fingerprint density at radius 1 is 1.17 bits per heavy atom. The molecule has 0 atom stereocenters. The van der Waals surface area contributed by atoms with Gasteiger partial charge in [-0.3, -0.25) is 10.00 Å². The second-order valence-electron chi connectivity index (χ2n) is 7.23. The van der Waals surface area contributed by atoms with Gasteiger partial charge >= 0.3 is 12.2 Å². The molecule has 0 radical (unpaired) electrons. The summed E-state index contributed by atoms with van der Waals surface area (Å²) in [6.07, 6.45) is 0.540. The molecule has 6 N–H and O–H groups in total. The highest BCUT2D eigenvalue weighted by atomic mass is 32.1. The Balaban J connectivity index is 1.33. The number of carbonyl (C=O) groups excluding carboxylic acids is 1. The fraction of sp³-hybridized carbons (Fsp3) is 0.250. The first kappa shape index (κ1) is 24.2. The Hall–Kier alpha value is -3.98. The van der Waals surface area contributed by atoms with E-state index in [-0.39, 0.29) is 17.4 Å². The maximum absolute atomic E-state index is 13.0. The number of nitrogens with two attached hydrogens (primary N) is 1. The van der Waals surface area contributed by atoms with E-state index in [2.05, 4.69) is 36.0 Å². The highest BCUT2D eigenvalue weighted by molar-refractivity contribution is 7.15. The van der Waals surface area contributed by atoms with E-state index < -0.39 is 23.5 Å². The largest absolute Gasteiger partial charge is 0.418 e. The lowest BCUT2D eigenvalue weighted by molar-refractivity contribution is -0.136. The average Bonchev–Trinajstić information content (AvgIpc) is 3.42. The lowest BCUT2D eigenvalue weighted by Gasteiger charge is -2.12. The van der Waals surface area contributed by atoms with Gasteiger partial charge in [-0.05, 0) is 18.2 Å². The molecule has 0 saturated heterocycles. The summed E-state index contributed by atoms with van der Waals surface area (Å²) in [6.45, 7) is 0.735. The molecule has 184 valence electrons. The minimum absolute atomic E-state index is 0.0541. The molecule has 4 aromatic rings. The number of nitrogen functional groups attached to an aromatic ring is 1. The number of carbonyl (C=O) groups is 1. The van der Waals surface area contributed by atoms with E-state index in [4.69, 9.17) is 5.73 Å². The Morgan fingerprint density at radius 3 is 2.77 bits per heavy atom. The number of anilines is 4. The first-order chi connectivity index (χ1) is 16.7. The van der Waals surface area contributed by atoms with Crippen LogP contribution in [-0.2, 0) is 19.1 Å². The maximum Gasteiger partial charge on any atom is 0.418 e. The van der Waals surface area contributed by atoms with E-state index in [0.29, 0.717) is 36.4 Å². The van der Waals surface area contributed by atoms with Crippen LogP contribution in [0, 0.1) is 0 Å². The molecule has 11 nitrogen and oxygen atoms in total. The van der Waals surface area contributed by atoms with Crippen molar-refractivity contribution in [1.82, 2.24) is 24.7 Å². The smallest absolute Gasteiger partial charge is 0.398 e. The van der Waals surface area contributed by atoms with Gasteiger partial charge in [0.1, 0.15) is 17.4 Å². The molecule has 0 aliphatic heterocycles. The second kappa shape index (κ2) is 10.1. The van der Waals surface area contributed by atoms with Gasteiger partial charge in [0.05, 0.1) is 24.9 Å². The molecular weight excluding hydrogens is 487 g/mol. The van der Waals surface area contributed by atoms with Crippen LogP contribution in [0.25, 0.3) is 11.0 Å². The van der Waals surface area contributed by atoms with Crippen molar-refractivity contribution in [3.63, 3.8) is 0 Å². The SMILES string of the molecule is Nc1ccc(NC(=O)Nc2ncc(CCNc3ncnc4cnn(CCO)c34)s2)cc1C(F)(F)F. The summed E-state index contributed by atoms with van der Waals surface area (Å²) in [5.74, 6) is 0.574. The number of fused-ring (bicyclic) bond motifs is 1. The zero-order chi connectivity index (χ0) is 25.0. The number of aromatic nitrogens is 5. The van der Waals surface area contributed by atoms with Gasteiger partial charge in [0.25, 0.3) is 0 Å². The quantitative estimate of drug-likeness (QED) is 0.228. The Bertz CT molecular complexity index is 1340. The molecule has 15 heteroatoms. The molecule has 4 rings (SSSR count). The number of amides is 2. The van der Waals surface area contributed by atoms with E-state index in [1.54, 1.807) is 17.1 Å². The van der Waals surface area contributed by atoms with Crippen LogP contribution in [0.15, 0.2) is 36.9 Å². The fourth-order valence-electron chi connectivity index (χ4n) is 3.24. The van der Waals surface area contributed by atoms with Crippen LogP contribution in [0.5, 0.6) is 0 Å². The molecular formula is C20H20F3N9O2S. The molecule has 0 aliphatic carbocycles. The number of rotatable bonds is 8. The van der Waals surface area contributed by atoms with Crippen molar-refractivity contribution < 1.29 is 23.1 Å². The number of aliphatic hydroxyl groups excluding tert-OH is 1. The zero-order valence-electron chi connectivity index (χ0n) is 18.0. The zero-order valence-corrected chi connectivity index (χ0v) is 18.8. The topological polar surface area (TPSA) is 156 Å². The van der Waals surface area contributed by atoms with Crippen LogP contribution < -0.4 is 21.7 Å². The molecule has 0 spiro atoms. The molecule has 0 saturated carbocycles. The number of benzene rings is 1. The molecule has 0 bridgehead atoms. The minimum atomic E-state index is -4.63. The summed E-state index contributed by atoms with van der Waals surface area (Å²) in [5.41, 5.74) is 5.19. The van der Waals surface area contributed by atoms with Gasteiger partial charge in [-0.15, -0.1) is 11.3 Å². The summed E-state index contributed by atoms with van der Waals surface area (Å²) < 4.78 is 40.6. The number of nitrogens with zero attached hydrogens (tertiary/aromatic N) is 5. The van der Waals surface area contributed by atoms with Crippen molar-refractivity contribution in [2.75, 3.05) is 34.8 Å². The highest BCUT2D eigenvalue weighted by Crippen LogP contribution is 2.35. The number of nitrogens with one attached hydrogen (secondary N) is 3. The standard InChI is InChI=1S/C20H20F3N9O2S/c21-20(22,23)13-7-11(1-2-14(13)24)30-18(34)31-19-26-8-12(35-19)3-4-25-17-16-15(27-10-28-17)9-29-32(16)5-6-33/h1-2,7-10,33H,3-6,24H2,(H,25,27,28)(H2,26,30,31,34). The summed E-state index contributed by atoms with van der Waals surface area (Å²) in [6, 6.07) is 2.39. The lowest BCUT2D eigenvalue weighted by atomic mass is 10.1. The summed E-state index contributed by atoms with van der Waals surface area (Å²) in [5, 5.41) is 21.7. The third-order valence-corrected chi connectivity index (χ3v) is 5.77. The van der Waals surface area contributed by atoms with Crippen LogP contribution in [-0.4, -0.2) is 49.0 Å². The number of aliphatic hydroxyl groups is 1. The van der Waals surface area contributed by atoms with E-state index >= 15 is 0 Å². The van der Waals surface area contributed by atoms with Crippen LogP contribution in [0.4, 0.5) is 40.3 Å². The number of alkyl halides is 3. The molecule has 2 amide bonds. The van der Waals surface area contributed by atoms with Crippen molar-refractivity contribution >= 4 is 50.7 Å². The van der Waals surface area contributed by atoms with E-state index in [1.807, 2.05) is 0 Å². The summed E-state index contributed by atoms with van der Waals surface area (Å²) >= 11 is 1.23. The highest BCUT2D eigenvalue weighted by Gasteiger charge is 2.33. The van der Waals surface area contributed by atoms with Crippen molar-refractivity contribution in [2.45, 2.75) is 19.1 Å². The van der Waals surface area contributed by atoms with E-state index in [1.165, 1.54) is 23.7 Å². The van der Waals surface area contributed by atoms with Crippen molar-refractivity contribution in [1.29, 1.82) is 0 Å². The molecule has 3 heterocycles. The summed E-state index contributed by atoms with van der Waals surface area (Å²) in [4.78, 5) is 25.6. The fourth-order valence-corrected chi connectivity index (χ4v) is 4.05. The van der Waals surface area contributed by atoms with Crippen molar-refractivity contribution in [2.24, 2.45) is 0 Å². The minimum Gasteiger partial charge on any atom is -0.398 e. The molecule has 0 aliphatic rings. The van der Waals surface area contributed by atoms with Crippen LogP contribution >= 0.6 is 11.3 Å². The molecule has 1 aromatic carbocycles. The van der Waals surface area contributed by atoms with Gasteiger partial charge < -0.3 is 21.5 Å². The number of hydrogen-bond donors (Lipinski definition) is 5. The summed E-state index contributed by atoms with van der Waals surface area (Å²) in [7, 11) is 0. The number of hydrogen-bond acceptors (Lipinski definition) is 9. The molecule has 3 aromatic heterocycles. The van der Waals surface area contributed by atoms with Crippen LogP contribution in [0.3, 0.4) is 0 Å². The van der Waals surface area contributed by atoms with Gasteiger partial charge in [-0.1, -0.05) is 0 Å². The van der Waals surface area contributed by atoms with Gasteiger partial charge in [0.2, 0.25) is 0 Å². The van der Waals surface area contributed by atoms with Gasteiger partial charge in [-0.25, -0.2) is 19.7 Å². The molecule has 0 unspecified atom stereocenters. The third-order valence-electron chi connectivity index (χ3n) is 4.79. The van der Waals surface area contributed by atoms with Gasteiger partial charge in [0, 0.05) is 35.4 Å². The first-order valence-electron chi connectivity index (χ1n) is 10.3. The van der Waals surface area contributed by atoms with Crippen LogP contribution in [0.2, 0.25) is 0 Å². The van der Waals surface area contributed by atoms with E-state index in [0.717, 1.165) is 17.0 Å². The number of urea groups is 1. The maximum atomic E-state index is 13.0. The van der Waals surface area contributed by atoms with E-state index in [9.17, 15) is 23.1 Å². The predicted molar refractivity (Wildman–Crippen MR) is 125 cm³/mol. The van der Waals surface area contributed by atoms with Crippen molar-refractivity contribution in [3.05, 3.63) is 47.4 Å². The first-order valence-corrected chi connectivity index (χ1v) is 11.1. The van der Waals surface area contributed by atoms with Gasteiger partial charge in [0.15, 0.2) is 10.9 Å². The number of thiazole rings is 1. The lowest BCUT2D eigenvalue weighted by Crippen LogP contribution is -2.20. The Morgan fingerprint density at radius 2 is 2.00 bits per heavy atom. The molecule has 35 heavy (non-hydrogen) atoms. The Kier molecular flexibility index (Phi) is 6.97. The number of halogens is 3. The predicted octanol–water partition coefficient (Wildman–Crippen LogP) is 3.17. The van der Waals surface area contributed by atoms with Gasteiger partial charge in [-0.2, -0.15) is 18.3 Å². The van der Waals surface area contributed by atoms with Crippen LogP contribution in [0.1, 0.15) is 10.4 Å². The monoisotopic (exact) mass is 507 g/mol. The average molecular weight is 508 g/mol. The molecule has 0 fully saturated rings. The third kappa shape index (κ3) is 5.75. The Labute approximate surface area is 200 Å². The second-order valence-corrected chi connectivity index (χ2v) is 8.35. The van der Waals surface area contributed by atoms with Crippen molar-refractivity contribution in [3.8, 4) is 0 Å².